The third-order valence-electron chi connectivity index (χ3n) is 5.59. The van der Waals surface area contributed by atoms with Gasteiger partial charge in [-0.1, -0.05) is 42.5 Å². The Morgan fingerprint density at radius 1 is 0.700 bits per heavy atom. The van der Waals surface area contributed by atoms with Crippen LogP contribution in [0.5, 0.6) is 0 Å². The maximum absolute atomic E-state index is 11.0. The van der Waals surface area contributed by atoms with E-state index in [0.29, 0.717) is 0 Å². The SMILES string of the molecule is O=[N+]([O-])c1ccc(C2N=C(c3ccccc3)C3C(c4ccc([N+](=O)[O-])cc4)N23)cc1. The van der Waals surface area contributed by atoms with Gasteiger partial charge in [-0.3, -0.25) is 30.1 Å². The van der Waals surface area contributed by atoms with Gasteiger partial charge in [0, 0.05) is 24.3 Å². The predicted octanol–water partition coefficient (Wildman–Crippen LogP) is 4.43. The van der Waals surface area contributed by atoms with E-state index in [4.69, 9.17) is 4.99 Å². The highest BCUT2D eigenvalue weighted by atomic mass is 16.6. The van der Waals surface area contributed by atoms with Crippen LogP contribution in [0.4, 0.5) is 11.4 Å². The van der Waals surface area contributed by atoms with E-state index in [1.807, 2.05) is 30.3 Å². The van der Waals surface area contributed by atoms with Gasteiger partial charge in [0.05, 0.1) is 27.6 Å². The highest BCUT2D eigenvalue weighted by molar-refractivity contribution is 6.08. The third-order valence-corrected chi connectivity index (χ3v) is 5.59. The van der Waals surface area contributed by atoms with Gasteiger partial charge in [-0.25, -0.2) is 0 Å². The fourth-order valence-corrected chi connectivity index (χ4v) is 4.13. The van der Waals surface area contributed by atoms with Gasteiger partial charge in [0.2, 0.25) is 0 Å². The van der Waals surface area contributed by atoms with E-state index in [0.717, 1.165) is 22.4 Å². The van der Waals surface area contributed by atoms with Crippen molar-refractivity contribution in [2.24, 2.45) is 4.99 Å². The summed E-state index contributed by atoms with van der Waals surface area (Å²) in [6, 6.07) is 23.1. The number of rotatable bonds is 5. The minimum Gasteiger partial charge on any atom is -0.263 e. The minimum atomic E-state index is -0.420. The van der Waals surface area contributed by atoms with Gasteiger partial charge in [0.25, 0.3) is 11.4 Å². The summed E-state index contributed by atoms with van der Waals surface area (Å²) < 4.78 is 0. The average molecular weight is 400 g/mol. The zero-order valence-electron chi connectivity index (χ0n) is 15.7. The molecule has 1 fully saturated rings. The van der Waals surface area contributed by atoms with Gasteiger partial charge in [-0.15, -0.1) is 0 Å². The van der Waals surface area contributed by atoms with E-state index in [9.17, 15) is 20.2 Å². The highest BCUT2D eigenvalue weighted by Crippen LogP contribution is 2.55. The first-order chi connectivity index (χ1) is 14.5. The molecule has 8 heteroatoms. The molecule has 0 aliphatic carbocycles. The monoisotopic (exact) mass is 400 g/mol. The number of aliphatic imine (C=N–C) groups is 1. The van der Waals surface area contributed by atoms with Crippen molar-refractivity contribution in [2.45, 2.75) is 18.2 Å². The van der Waals surface area contributed by atoms with Crippen molar-refractivity contribution in [1.29, 1.82) is 0 Å². The molecule has 0 spiro atoms. The molecule has 8 nitrogen and oxygen atoms in total. The van der Waals surface area contributed by atoms with Crippen molar-refractivity contribution < 1.29 is 9.85 Å². The first-order valence-electron chi connectivity index (χ1n) is 9.44. The average Bonchev–Trinajstić information content (AvgIpc) is 3.38. The molecular weight excluding hydrogens is 384 g/mol. The van der Waals surface area contributed by atoms with Crippen molar-refractivity contribution in [2.75, 3.05) is 0 Å². The summed E-state index contributed by atoms with van der Waals surface area (Å²) in [7, 11) is 0. The second-order valence-corrected chi connectivity index (χ2v) is 7.29. The Labute approximate surface area is 171 Å². The summed E-state index contributed by atoms with van der Waals surface area (Å²) in [4.78, 5) is 28.3. The van der Waals surface area contributed by atoms with E-state index < -0.39 is 9.85 Å². The van der Waals surface area contributed by atoms with Crippen LogP contribution in [0.25, 0.3) is 0 Å². The molecule has 0 saturated carbocycles. The number of nitro groups is 2. The van der Waals surface area contributed by atoms with Crippen LogP contribution in [-0.2, 0) is 0 Å². The molecule has 0 radical (unpaired) electrons. The van der Waals surface area contributed by atoms with Crippen molar-refractivity contribution in [1.82, 2.24) is 4.90 Å². The minimum absolute atomic E-state index is 0.0401. The Hall–Kier alpha value is -3.91. The van der Waals surface area contributed by atoms with Crippen LogP contribution >= 0.6 is 0 Å². The Balaban J connectivity index is 1.51. The van der Waals surface area contributed by atoms with Crippen LogP contribution < -0.4 is 0 Å². The van der Waals surface area contributed by atoms with E-state index in [1.165, 1.54) is 24.3 Å². The van der Waals surface area contributed by atoms with Crippen molar-refractivity contribution >= 4 is 17.1 Å². The molecule has 3 aromatic rings. The predicted molar refractivity (Wildman–Crippen MR) is 110 cm³/mol. The number of non-ortho nitro benzene ring substituents is 2. The number of fused-ring (bicyclic) bond motifs is 1. The third kappa shape index (κ3) is 2.94. The summed E-state index contributed by atoms with van der Waals surface area (Å²) in [6.07, 6.45) is -0.258. The number of benzene rings is 3. The van der Waals surface area contributed by atoms with E-state index in [1.54, 1.807) is 24.3 Å². The van der Waals surface area contributed by atoms with Crippen LogP contribution in [0, 0.1) is 20.2 Å². The second kappa shape index (κ2) is 6.85. The standard InChI is InChI=1S/C22H16N4O4/c27-25(28)17-10-6-15(7-11-17)20-21-19(14-4-2-1-3-5-14)23-22(24(20)21)16-8-12-18(13-9-16)26(29)30/h1-13,20-22H. The quantitative estimate of drug-likeness (QED) is 0.358. The van der Waals surface area contributed by atoms with E-state index in [-0.39, 0.29) is 29.6 Å². The summed E-state index contributed by atoms with van der Waals surface area (Å²) >= 11 is 0. The number of hydrogen-bond donors (Lipinski definition) is 0. The smallest absolute Gasteiger partial charge is 0.263 e. The fraction of sp³-hybridized carbons (Fsp3) is 0.136. The van der Waals surface area contributed by atoms with Crippen molar-refractivity contribution in [3.05, 3.63) is 116 Å². The molecule has 0 bridgehead atoms. The molecule has 1 saturated heterocycles. The summed E-state index contributed by atoms with van der Waals surface area (Å²) in [6.45, 7) is 0. The van der Waals surface area contributed by atoms with Crippen LogP contribution in [-0.4, -0.2) is 26.5 Å². The van der Waals surface area contributed by atoms with Crippen LogP contribution in [0.1, 0.15) is 28.9 Å². The van der Waals surface area contributed by atoms with Gasteiger partial charge in [0.15, 0.2) is 0 Å². The molecule has 0 aromatic heterocycles. The Bertz CT molecular complexity index is 1160. The topological polar surface area (TPSA) is 102 Å². The molecule has 30 heavy (non-hydrogen) atoms. The second-order valence-electron chi connectivity index (χ2n) is 7.29. The first-order valence-corrected chi connectivity index (χ1v) is 9.44. The largest absolute Gasteiger partial charge is 0.269 e. The molecular formula is C22H16N4O4. The summed E-state index contributed by atoms with van der Waals surface area (Å²) in [5.41, 5.74) is 3.95. The maximum atomic E-state index is 11.0. The van der Waals surface area contributed by atoms with Crippen LogP contribution in [0.2, 0.25) is 0 Å². The Morgan fingerprint density at radius 3 is 1.77 bits per heavy atom. The molecule has 2 heterocycles. The molecule has 4 atom stereocenters. The lowest BCUT2D eigenvalue weighted by atomic mass is 10.0. The molecule has 4 unspecified atom stereocenters. The van der Waals surface area contributed by atoms with Crippen LogP contribution in [0.3, 0.4) is 0 Å². The zero-order chi connectivity index (χ0) is 20.8. The molecule has 2 aliphatic heterocycles. The lowest BCUT2D eigenvalue weighted by molar-refractivity contribution is -0.385. The van der Waals surface area contributed by atoms with Gasteiger partial charge in [-0.05, 0) is 28.8 Å². The Kier molecular flexibility index (Phi) is 4.14. The number of hydrogen-bond acceptors (Lipinski definition) is 6. The molecule has 3 aromatic carbocycles. The van der Waals surface area contributed by atoms with E-state index in [2.05, 4.69) is 4.90 Å². The molecule has 5 rings (SSSR count). The van der Waals surface area contributed by atoms with E-state index >= 15 is 0 Å². The van der Waals surface area contributed by atoms with Crippen LogP contribution in [0.15, 0.2) is 83.9 Å². The fourth-order valence-electron chi connectivity index (χ4n) is 4.13. The first kappa shape index (κ1) is 18.1. The van der Waals surface area contributed by atoms with Gasteiger partial charge >= 0.3 is 0 Å². The van der Waals surface area contributed by atoms with Gasteiger partial charge < -0.3 is 0 Å². The van der Waals surface area contributed by atoms with Gasteiger partial charge in [0.1, 0.15) is 6.17 Å². The Morgan fingerprint density at radius 2 is 1.23 bits per heavy atom. The van der Waals surface area contributed by atoms with Crippen molar-refractivity contribution in [3.8, 4) is 0 Å². The maximum Gasteiger partial charge on any atom is 0.269 e. The van der Waals surface area contributed by atoms with Gasteiger partial charge in [-0.2, -0.15) is 0 Å². The lowest BCUT2D eigenvalue weighted by Crippen LogP contribution is -2.08. The lowest BCUT2D eigenvalue weighted by Gasteiger charge is -2.14. The molecule has 0 N–H and O–H groups in total. The highest BCUT2D eigenvalue weighted by Gasteiger charge is 2.59. The van der Waals surface area contributed by atoms with Crippen molar-refractivity contribution in [3.63, 3.8) is 0 Å². The summed E-state index contributed by atoms with van der Waals surface area (Å²) in [5.74, 6) is 0. The molecule has 148 valence electrons. The number of nitro benzene ring substituents is 2. The molecule has 2 aliphatic rings. The number of nitrogens with zero attached hydrogens (tertiary/aromatic N) is 4. The zero-order valence-corrected chi connectivity index (χ0v) is 15.7. The molecule has 0 amide bonds. The normalized spacial score (nSPS) is 24.1. The summed E-state index contributed by atoms with van der Waals surface area (Å²) in [5, 5.41) is 21.9.